The van der Waals surface area contributed by atoms with Crippen LogP contribution in [0.5, 0.6) is 0 Å². The molecule has 1 aromatic carbocycles. The van der Waals surface area contributed by atoms with Crippen LogP contribution in [0.25, 0.3) is 11.3 Å². The number of nitrogens with zero attached hydrogens (tertiary/aromatic N) is 7. The van der Waals surface area contributed by atoms with E-state index < -0.39 is 0 Å². The Morgan fingerprint density at radius 1 is 1.33 bits per heavy atom. The van der Waals surface area contributed by atoms with Crippen molar-refractivity contribution in [1.29, 1.82) is 0 Å². The number of anilines is 1. The summed E-state index contributed by atoms with van der Waals surface area (Å²) < 4.78 is 7.17. The highest BCUT2D eigenvalue weighted by atomic mass is 32.2. The fourth-order valence-corrected chi connectivity index (χ4v) is 4.61. The van der Waals surface area contributed by atoms with Gasteiger partial charge in [0, 0.05) is 23.2 Å². The lowest BCUT2D eigenvalue weighted by Gasteiger charge is -2.16. The summed E-state index contributed by atoms with van der Waals surface area (Å²) in [5.41, 5.74) is 4.21. The van der Waals surface area contributed by atoms with Crippen molar-refractivity contribution in [2.75, 3.05) is 17.2 Å². The molecule has 0 bridgehead atoms. The maximum Gasteiger partial charge on any atom is 0.277 e. The molecule has 0 spiro atoms. The van der Waals surface area contributed by atoms with Crippen molar-refractivity contribution in [2.24, 2.45) is 0 Å². The topological polar surface area (TPSA) is 103 Å². The van der Waals surface area contributed by atoms with Gasteiger partial charge in [-0.1, -0.05) is 17.8 Å². The van der Waals surface area contributed by atoms with E-state index in [9.17, 15) is 4.79 Å². The van der Waals surface area contributed by atoms with E-state index in [0.29, 0.717) is 24.2 Å². The molecule has 0 atom stereocenters. The summed E-state index contributed by atoms with van der Waals surface area (Å²) in [6.45, 7) is 3.03. The largest absolute Gasteiger partial charge is 0.414 e. The minimum atomic E-state index is 0.0204. The van der Waals surface area contributed by atoms with E-state index in [2.05, 4.69) is 36.7 Å². The number of carbonyl (C=O) groups is 1. The molecule has 152 valence electrons. The Bertz CT molecular complexity index is 1190. The third kappa shape index (κ3) is 3.85. The zero-order valence-electron chi connectivity index (χ0n) is 16.1. The molecule has 1 aliphatic rings. The fourth-order valence-electron chi connectivity index (χ4n) is 3.33. The number of carbonyl (C=O) groups excluding carboxylic acids is 1. The van der Waals surface area contributed by atoms with Gasteiger partial charge < -0.3 is 9.32 Å². The lowest BCUT2D eigenvalue weighted by molar-refractivity contribution is -0.116. The van der Waals surface area contributed by atoms with Gasteiger partial charge in [-0.3, -0.25) is 4.79 Å². The standard InChI is InChI=1S/C19H17N7O2S2/c1-12-22-15(8-29-12)13-2-3-16-14(6-13)4-5-26(16)18(27)9-30-19-24-23-17(28-19)7-25-11-20-10-21-25/h2-3,6,8,10-11H,4-5,7,9H2,1H3. The van der Waals surface area contributed by atoms with Crippen LogP contribution >= 0.6 is 23.1 Å². The molecule has 0 fully saturated rings. The fraction of sp³-hybridized carbons (Fsp3) is 0.263. The van der Waals surface area contributed by atoms with E-state index >= 15 is 0 Å². The molecule has 3 aromatic heterocycles. The van der Waals surface area contributed by atoms with E-state index in [-0.39, 0.29) is 11.7 Å². The number of aryl methyl sites for hydroxylation is 1. The second-order valence-electron chi connectivity index (χ2n) is 6.73. The quantitative estimate of drug-likeness (QED) is 0.423. The maximum absolute atomic E-state index is 12.8. The number of thioether (sulfide) groups is 1. The van der Waals surface area contributed by atoms with Gasteiger partial charge in [-0.05, 0) is 31.0 Å². The van der Waals surface area contributed by atoms with Crippen molar-refractivity contribution in [2.45, 2.75) is 25.1 Å². The second-order valence-corrected chi connectivity index (χ2v) is 8.72. The molecule has 4 aromatic rings. The average Bonchev–Trinajstić information content (AvgIpc) is 3.54. The van der Waals surface area contributed by atoms with Crippen LogP contribution in [0.1, 0.15) is 16.5 Å². The van der Waals surface area contributed by atoms with E-state index in [1.807, 2.05) is 24.0 Å². The molecule has 1 amide bonds. The third-order valence-corrected chi connectivity index (χ3v) is 6.30. The van der Waals surface area contributed by atoms with Crippen LogP contribution in [0.15, 0.2) is 45.9 Å². The number of aromatic nitrogens is 6. The Morgan fingerprint density at radius 3 is 3.07 bits per heavy atom. The minimum absolute atomic E-state index is 0.0204. The molecule has 0 radical (unpaired) electrons. The molecule has 5 rings (SSSR count). The van der Waals surface area contributed by atoms with Crippen LogP contribution in [0.2, 0.25) is 0 Å². The number of fused-ring (bicyclic) bond motifs is 1. The zero-order valence-corrected chi connectivity index (χ0v) is 17.7. The number of hydrogen-bond donors (Lipinski definition) is 0. The van der Waals surface area contributed by atoms with Crippen molar-refractivity contribution in [3.8, 4) is 11.3 Å². The predicted octanol–water partition coefficient (Wildman–Crippen LogP) is 2.82. The average molecular weight is 440 g/mol. The first-order valence-electron chi connectivity index (χ1n) is 9.29. The van der Waals surface area contributed by atoms with Crippen LogP contribution in [-0.2, 0) is 17.8 Å². The van der Waals surface area contributed by atoms with Crippen molar-refractivity contribution < 1.29 is 9.21 Å². The van der Waals surface area contributed by atoms with Crippen molar-refractivity contribution in [3.05, 3.63) is 52.7 Å². The van der Waals surface area contributed by atoms with Gasteiger partial charge in [-0.15, -0.1) is 21.5 Å². The monoisotopic (exact) mass is 439 g/mol. The molecule has 0 saturated heterocycles. The highest BCUT2D eigenvalue weighted by Gasteiger charge is 2.25. The summed E-state index contributed by atoms with van der Waals surface area (Å²) in [7, 11) is 0. The minimum Gasteiger partial charge on any atom is -0.414 e. The third-order valence-electron chi connectivity index (χ3n) is 4.72. The van der Waals surface area contributed by atoms with E-state index in [0.717, 1.165) is 28.4 Å². The van der Waals surface area contributed by atoms with Crippen LogP contribution in [-0.4, -0.2) is 48.2 Å². The molecule has 0 unspecified atom stereocenters. The number of benzene rings is 1. The number of thiazole rings is 1. The number of amides is 1. The Hall–Kier alpha value is -3.05. The van der Waals surface area contributed by atoms with Gasteiger partial charge in [-0.25, -0.2) is 14.6 Å². The molecule has 9 nitrogen and oxygen atoms in total. The highest BCUT2D eigenvalue weighted by Crippen LogP contribution is 2.33. The molecular weight excluding hydrogens is 422 g/mol. The first-order chi connectivity index (χ1) is 14.7. The molecule has 0 saturated carbocycles. The smallest absolute Gasteiger partial charge is 0.277 e. The van der Waals surface area contributed by atoms with E-state index in [4.69, 9.17) is 4.42 Å². The molecule has 0 N–H and O–H groups in total. The molecular formula is C19H17N7O2S2. The summed E-state index contributed by atoms with van der Waals surface area (Å²) in [5.74, 6) is 0.677. The lowest BCUT2D eigenvalue weighted by Crippen LogP contribution is -2.30. The van der Waals surface area contributed by atoms with Crippen LogP contribution in [0.4, 0.5) is 5.69 Å². The van der Waals surface area contributed by atoms with Crippen LogP contribution < -0.4 is 4.90 Å². The van der Waals surface area contributed by atoms with Gasteiger partial charge in [0.15, 0.2) is 0 Å². The Balaban J connectivity index is 1.22. The molecule has 11 heteroatoms. The van der Waals surface area contributed by atoms with Gasteiger partial charge in [0.05, 0.1) is 16.5 Å². The van der Waals surface area contributed by atoms with E-state index in [1.54, 1.807) is 22.3 Å². The maximum atomic E-state index is 12.8. The van der Waals surface area contributed by atoms with Crippen molar-refractivity contribution in [1.82, 2.24) is 29.9 Å². The summed E-state index contributed by atoms with van der Waals surface area (Å²) in [6, 6.07) is 6.18. The van der Waals surface area contributed by atoms with Crippen LogP contribution in [0, 0.1) is 6.92 Å². The van der Waals surface area contributed by atoms with Crippen molar-refractivity contribution in [3.63, 3.8) is 0 Å². The van der Waals surface area contributed by atoms with E-state index in [1.165, 1.54) is 23.7 Å². The molecule has 4 heterocycles. The van der Waals surface area contributed by atoms with Gasteiger partial charge in [-0.2, -0.15) is 5.10 Å². The van der Waals surface area contributed by atoms with Gasteiger partial charge in [0.1, 0.15) is 19.2 Å². The summed E-state index contributed by atoms with van der Waals surface area (Å²) >= 11 is 2.88. The predicted molar refractivity (Wildman–Crippen MR) is 112 cm³/mol. The molecule has 1 aliphatic heterocycles. The van der Waals surface area contributed by atoms with Gasteiger partial charge in [0.25, 0.3) is 5.22 Å². The first kappa shape index (κ1) is 18.9. The molecule has 0 aliphatic carbocycles. The second kappa shape index (κ2) is 8.00. The van der Waals surface area contributed by atoms with Gasteiger partial charge >= 0.3 is 0 Å². The highest BCUT2D eigenvalue weighted by molar-refractivity contribution is 7.99. The summed E-state index contributed by atoms with van der Waals surface area (Å²) in [4.78, 5) is 23.0. The Kier molecular flexibility index (Phi) is 5.05. The first-order valence-corrected chi connectivity index (χ1v) is 11.2. The number of rotatable bonds is 6. The van der Waals surface area contributed by atoms with Crippen molar-refractivity contribution >= 4 is 34.7 Å². The normalized spacial score (nSPS) is 13.0. The molecule has 30 heavy (non-hydrogen) atoms. The number of hydrogen-bond acceptors (Lipinski definition) is 9. The van der Waals surface area contributed by atoms with Gasteiger partial charge in [0.2, 0.25) is 11.8 Å². The lowest BCUT2D eigenvalue weighted by atomic mass is 10.1. The van der Waals surface area contributed by atoms with Crippen LogP contribution in [0.3, 0.4) is 0 Å². The zero-order chi connectivity index (χ0) is 20.5. The summed E-state index contributed by atoms with van der Waals surface area (Å²) in [5, 5.41) is 15.5. The SMILES string of the molecule is Cc1nc(-c2ccc3c(c2)CCN3C(=O)CSc2nnc(Cn3cncn3)o2)cs1. The summed E-state index contributed by atoms with van der Waals surface area (Å²) in [6.07, 6.45) is 3.86. The Morgan fingerprint density at radius 2 is 2.27 bits per heavy atom. The Labute approximate surface area is 180 Å².